The van der Waals surface area contributed by atoms with Crippen molar-refractivity contribution in [2.45, 2.75) is 18.9 Å². The molecule has 6 heteroatoms. The number of amides is 1. The molecule has 0 N–H and O–H groups in total. The maximum atomic E-state index is 13.5. The van der Waals surface area contributed by atoms with Crippen molar-refractivity contribution in [2.75, 3.05) is 39.3 Å². The molecular weight excluding hydrogens is 376 g/mol. The first-order valence-corrected chi connectivity index (χ1v) is 10.7. The number of ether oxygens (including phenoxy) is 1. The van der Waals surface area contributed by atoms with Crippen LogP contribution < -0.4 is 0 Å². The zero-order valence-corrected chi connectivity index (χ0v) is 17.0. The lowest BCUT2D eigenvalue weighted by Crippen LogP contribution is -2.50. The van der Waals surface area contributed by atoms with Gasteiger partial charge >= 0.3 is 0 Å². The summed E-state index contributed by atoms with van der Waals surface area (Å²) in [7, 11) is 0. The SMILES string of the molecule is O=C(c1cc(-c2cccnc2)nc2ccccc12)N1CCN(C[C@@H]2CCCO2)CC1. The molecule has 154 valence electrons. The van der Waals surface area contributed by atoms with Gasteiger partial charge in [0, 0.05) is 62.7 Å². The molecule has 1 amide bonds. The summed E-state index contributed by atoms with van der Waals surface area (Å²) >= 11 is 0. The Bertz CT molecular complexity index is 1030. The van der Waals surface area contributed by atoms with E-state index in [9.17, 15) is 4.79 Å². The van der Waals surface area contributed by atoms with Gasteiger partial charge in [-0.15, -0.1) is 0 Å². The third-order valence-corrected chi connectivity index (χ3v) is 6.05. The molecule has 0 saturated carbocycles. The molecule has 2 aromatic heterocycles. The second kappa shape index (κ2) is 8.50. The molecule has 3 aromatic rings. The Labute approximate surface area is 176 Å². The van der Waals surface area contributed by atoms with E-state index in [1.807, 2.05) is 47.4 Å². The van der Waals surface area contributed by atoms with Crippen LogP contribution in [0, 0.1) is 0 Å². The molecule has 5 rings (SSSR count). The van der Waals surface area contributed by atoms with E-state index in [2.05, 4.69) is 9.88 Å². The molecule has 0 radical (unpaired) electrons. The normalized spacial score (nSPS) is 20.0. The minimum absolute atomic E-state index is 0.0792. The van der Waals surface area contributed by atoms with Crippen LogP contribution in [0.2, 0.25) is 0 Å². The zero-order chi connectivity index (χ0) is 20.3. The molecule has 1 aromatic carbocycles. The van der Waals surface area contributed by atoms with E-state index >= 15 is 0 Å². The lowest BCUT2D eigenvalue weighted by Gasteiger charge is -2.36. The Kier molecular flexibility index (Phi) is 5.43. The van der Waals surface area contributed by atoms with Crippen LogP contribution in [0.15, 0.2) is 54.9 Å². The molecule has 0 bridgehead atoms. The quantitative estimate of drug-likeness (QED) is 0.671. The van der Waals surface area contributed by atoms with Crippen LogP contribution in [-0.4, -0.2) is 71.1 Å². The molecule has 2 aliphatic heterocycles. The number of nitrogens with zero attached hydrogens (tertiary/aromatic N) is 4. The molecule has 2 aliphatic rings. The first-order valence-electron chi connectivity index (χ1n) is 10.7. The molecule has 4 heterocycles. The Morgan fingerprint density at radius 1 is 1.10 bits per heavy atom. The monoisotopic (exact) mass is 402 g/mol. The third-order valence-electron chi connectivity index (χ3n) is 6.05. The summed E-state index contributed by atoms with van der Waals surface area (Å²) in [6.07, 6.45) is 6.21. The number of hydrogen-bond acceptors (Lipinski definition) is 5. The fraction of sp³-hybridized carbons (Fsp3) is 0.375. The minimum atomic E-state index is 0.0792. The Balaban J connectivity index is 1.38. The highest BCUT2D eigenvalue weighted by molar-refractivity contribution is 6.07. The second-order valence-corrected chi connectivity index (χ2v) is 8.04. The first-order chi connectivity index (χ1) is 14.8. The number of pyridine rings is 2. The van der Waals surface area contributed by atoms with Crippen LogP contribution in [0.4, 0.5) is 0 Å². The van der Waals surface area contributed by atoms with Crippen molar-refractivity contribution in [2.24, 2.45) is 0 Å². The number of aromatic nitrogens is 2. The number of para-hydroxylation sites is 1. The van der Waals surface area contributed by atoms with Crippen LogP contribution in [0.1, 0.15) is 23.2 Å². The fourth-order valence-corrected chi connectivity index (χ4v) is 4.39. The molecule has 30 heavy (non-hydrogen) atoms. The first kappa shape index (κ1) is 19.2. The molecule has 1 atom stereocenters. The van der Waals surface area contributed by atoms with E-state index in [1.165, 1.54) is 0 Å². The standard InChI is InChI=1S/C24H26N4O2/c29-24(28-12-10-27(11-13-28)17-19-6-4-14-30-19)21-15-23(18-5-3-9-25-16-18)26-22-8-2-1-7-20(21)22/h1-3,5,7-9,15-16,19H,4,6,10-14,17H2/t19-/m0/s1. The molecule has 2 fully saturated rings. The van der Waals surface area contributed by atoms with Gasteiger partial charge in [-0.2, -0.15) is 0 Å². The lowest BCUT2D eigenvalue weighted by molar-refractivity contribution is 0.0433. The smallest absolute Gasteiger partial charge is 0.254 e. The Hall–Kier alpha value is -2.83. The van der Waals surface area contributed by atoms with E-state index in [0.29, 0.717) is 11.7 Å². The van der Waals surface area contributed by atoms with Crippen LogP contribution in [0.5, 0.6) is 0 Å². The lowest BCUT2D eigenvalue weighted by atomic mass is 10.0. The number of carbonyl (C=O) groups is 1. The van der Waals surface area contributed by atoms with E-state index < -0.39 is 0 Å². The maximum Gasteiger partial charge on any atom is 0.254 e. The van der Waals surface area contributed by atoms with Crippen molar-refractivity contribution in [3.05, 3.63) is 60.4 Å². The predicted molar refractivity (Wildman–Crippen MR) is 116 cm³/mol. The number of fused-ring (bicyclic) bond motifs is 1. The van der Waals surface area contributed by atoms with Crippen molar-refractivity contribution in [1.29, 1.82) is 0 Å². The number of piperazine rings is 1. The van der Waals surface area contributed by atoms with Crippen molar-refractivity contribution in [1.82, 2.24) is 19.8 Å². The molecule has 0 unspecified atom stereocenters. The topological polar surface area (TPSA) is 58.6 Å². The van der Waals surface area contributed by atoms with Gasteiger partial charge in [-0.25, -0.2) is 4.98 Å². The van der Waals surface area contributed by atoms with Gasteiger partial charge in [0.1, 0.15) is 0 Å². The van der Waals surface area contributed by atoms with Crippen molar-refractivity contribution in [3.63, 3.8) is 0 Å². The number of hydrogen-bond donors (Lipinski definition) is 0. The highest BCUT2D eigenvalue weighted by atomic mass is 16.5. The summed E-state index contributed by atoms with van der Waals surface area (Å²) in [5.74, 6) is 0.0792. The van der Waals surface area contributed by atoms with Crippen molar-refractivity contribution in [3.8, 4) is 11.3 Å². The van der Waals surface area contributed by atoms with Gasteiger partial charge in [0.05, 0.1) is 22.9 Å². The van der Waals surface area contributed by atoms with Crippen molar-refractivity contribution < 1.29 is 9.53 Å². The number of benzene rings is 1. The minimum Gasteiger partial charge on any atom is -0.377 e. The van der Waals surface area contributed by atoms with Gasteiger partial charge in [0.15, 0.2) is 0 Å². The van der Waals surface area contributed by atoms with Crippen LogP contribution in [0.25, 0.3) is 22.2 Å². The highest BCUT2D eigenvalue weighted by Gasteiger charge is 2.26. The van der Waals surface area contributed by atoms with Gasteiger partial charge in [-0.1, -0.05) is 18.2 Å². The summed E-state index contributed by atoms with van der Waals surface area (Å²) in [6.45, 7) is 5.13. The highest BCUT2D eigenvalue weighted by Crippen LogP contribution is 2.26. The number of rotatable bonds is 4. The summed E-state index contributed by atoms with van der Waals surface area (Å²) in [5.41, 5.74) is 3.24. The van der Waals surface area contributed by atoms with Gasteiger partial charge in [-0.05, 0) is 37.1 Å². The average molecular weight is 402 g/mol. The summed E-state index contributed by atoms with van der Waals surface area (Å²) < 4.78 is 5.77. The summed E-state index contributed by atoms with van der Waals surface area (Å²) in [5, 5.41) is 0.900. The van der Waals surface area contributed by atoms with Crippen molar-refractivity contribution >= 4 is 16.8 Å². The maximum absolute atomic E-state index is 13.5. The molecule has 2 saturated heterocycles. The number of carbonyl (C=O) groups excluding carboxylic acids is 1. The van der Waals surface area contributed by atoms with Crippen LogP contribution >= 0.6 is 0 Å². The van der Waals surface area contributed by atoms with E-state index in [1.54, 1.807) is 12.4 Å². The van der Waals surface area contributed by atoms with E-state index in [0.717, 1.165) is 74.3 Å². The summed E-state index contributed by atoms with van der Waals surface area (Å²) in [6, 6.07) is 13.6. The van der Waals surface area contributed by atoms with Gasteiger partial charge in [0.25, 0.3) is 5.91 Å². The average Bonchev–Trinajstić information content (AvgIpc) is 3.32. The van der Waals surface area contributed by atoms with Gasteiger partial charge in [-0.3, -0.25) is 14.7 Å². The van der Waals surface area contributed by atoms with E-state index in [-0.39, 0.29) is 5.91 Å². The molecular formula is C24H26N4O2. The zero-order valence-electron chi connectivity index (χ0n) is 17.0. The summed E-state index contributed by atoms with van der Waals surface area (Å²) in [4.78, 5) is 26.9. The Morgan fingerprint density at radius 2 is 1.97 bits per heavy atom. The van der Waals surface area contributed by atoms with Gasteiger partial charge < -0.3 is 9.64 Å². The largest absolute Gasteiger partial charge is 0.377 e. The van der Waals surface area contributed by atoms with Crippen LogP contribution in [0.3, 0.4) is 0 Å². The Morgan fingerprint density at radius 3 is 2.73 bits per heavy atom. The second-order valence-electron chi connectivity index (χ2n) is 8.04. The van der Waals surface area contributed by atoms with E-state index in [4.69, 9.17) is 9.72 Å². The van der Waals surface area contributed by atoms with Crippen LogP contribution in [-0.2, 0) is 4.74 Å². The fourth-order valence-electron chi connectivity index (χ4n) is 4.39. The molecule has 0 aliphatic carbocycles. The van der Waals surface area contributed by atoms with Gasteiger partial charge in [0.2, 0.25) is 0 Å². The predicted octanol–water partition coefficient (Wildman–Crippen LogP) is 3.23. The molecule has 0 spiro atoms. The third kappa shape index (κ3) is 3.93. The molecule has 6 nitrogen and oxygen atoms in total.